The number of nitrogens with one attached hydrogen (secondary N) is 3. The van der Waals surface area contributed by atoms with Crippen molar-refractivity contribution in [2.24, 2.45) is 0 Å². The van der Waals surface area contributed by atoms with Crippen molar-refractivity contribution in [2.75, 3.05) is 38.2 Å². The molecule has 10 nitrogen and oxygen atoms in total. The quantitative estimate of drug-likeness (QED) is 0.377. The first-order chi connectivity index (χ1) is 19.0. The summed E-state index contributed by atoms with van der Waals surface area (Å²) < 4.78 is 7.25. The van der Waals surface area contributed by atoms with Crippen molar-refractivity contribution in [3.05, 3.63) is 52.7 Å². The standard InChI is InChI=1S/C28H33N7O3S/c1-3-20(16-34-8-10-38-11-9-34)32-28(37)24-7-6-23(39-24)22-14-25(31-21-4-5-21)35-27(33-22)19(15-29-35)12-18-13-26(36)30-17(18)2/h6-7,12,14-15,20-21,31H,2-5,8-11,13,16H2,1H3,(H,30,36)(H,32,37)/b18-12+. The van der Waals surface area contributed by atoms with Gasteiger partial charge in [-0.05, 0) is 43.0 Å². The molecule has 1 aliphatic carbocycles. The summed E-state index contributed by atoms with van der Waals surface area (Å²) in [5.41, 5.74) is 3.71. The molecule has 3 N–H and O–H groups in total. The molecule has 0 spiro atoms. The lowest BCUT2D eigenvalue weighted by atomic mass is 10.1. The molecule has 0 aromatic carbocycles. The molecule has 1 saturated carbocycles. The second-order valence-electron chi connectivity index (χ2n) is 10.3. The molecule has 3 fully saturated rings. The zero-order valence-corrected chi connectivity index (χ0v) is 22.9. The topological polar surface area (TPSA) is 113 Å². The summed E-state index contributed by atoms with van der Waals surface area (Å²) in [6.45, 7) is 10.2. The van der Waals surface area contributed by atoms with E-state index in [1.54, 1.807) is 10.7 Å². The number of morpholine rings is 1. The lowest BCUT2D eigenvalue weighted by Crippen LogP contribution is -2.46. The third-order valence-corrected chi connectivity index (χ3v) is 8.39. The van der Waals surface area contributed by atoms with E-state index < -0.39 is 0 Å². The first-order valence-electron chi connectivity index (χ1n) is 13.5. The fourth-order valence-electron chi connectivity index (χ4n) is 4.87. The van der Waals surface area contributed by atoms with E-state index in [2.05, 4.69) is 39.5 Å². The van der Waals surface area contributed by atoms with Gasteiger partial charge < -0.3 is 20.7 Å². The van der Waals surface area contributed by atoms with Crippen molar-refractivity contribution >= 4 is 40.7 Å². The predicted molar refractivity (Wildman–Crippen MR) is 152 cm³/mol. The minimum Gasteiger partial charge on any atom is -0.379 e. The molecule has 2 saturated heterocycles. The molecule has 0 radical (unpaired) electrons. The third-order valence-electron chi connectivity index (χ3n) is 7.28. The molecule has 5 heterocycles. The highest BCUT2D eigenvalue weighted by Gasteiger charge is 2.25. The highest BCUT2D eigenvalue weighted by atomic mass is 32.1. The van der Waals surface area contributed by atoms with Gasteiger partial charge in [-0.25, -0.2) is 4.98 Å². The first kappa shape index (κ1) is 25.7. The van der Waals surface area contributed by atoms with Gasteiger partial charge in [0.05, 0.1) is 41.3 Å². The van der Waals surface area contributed by atoms with Crippen LogP contribution in [-0.4, -0.2) is 76.2 Å². The van der Waals surface area contributed by atoms with Crippen molar-refractivity contribution in [1.29, 1.82) is 0 Å². The number of ether oxygens (including phenoxy) is 1. The van der Waals surface area contributed by atoms with Crippen LogP contribution < -0.4 is 16.0 Å². The van der Waals surface area contributed by atoms with Crippen molar-refractivity contribution < 1.29 is 14.3 Å². The summed E-state index contributed by atoms with van der Waals surface area (Å²) in [6, 6.07) is 6.33. The summed E-state index contributed by atoms with van der Waals surface area (Å²) >= 11 is 1.44. The Hall–Kier alpha value is -3.54. The Morgan fingerprint density at radius 1 is 1.33 bits per heavy atom. The maximum atomic E-state index is 13.2. The van der Waals surface area contributed by atoms with Crippen molar-refractivity contribution in [3.8, 4) is 10.6 Å². The van der Waals surface area contributed by atoms with Gasteiger partial charge in [0.2, 0.25) is 5.91 Å². The number of rotatable bonds is 9. The van der Waals surface area contributed by atoms with Crippen molar-refractivity contribution in [3.63, 3.8) is 0 Å². The van der Waals surface area contributed by atoms with Gasteiger partial charge in [-0.2, -0.15) is 9.61 Å². The van der Waals surface area contributed by atoms with E-state index in [1.165, 1.54) is 11.3 Å². The molecular formula is C28H33N7O3S. The van der Waals surface area contributed by atoms with Crippen LogP contribution in [0, 0.1) is 0 Å². The van der Waals surface area contributed by atoms with Gasteiger partial charge in [-0.3, -0.25) is 14.5 Å². The number of thiophene rings is 1. The number of allylic oxidation sites excluding steroid dienone is 1. The number of anilines is 1. The monoisotopic (exact) mass is 547 g/mol. The fourth-order valence-corrected chi connectivity index (χ4v) is 5.74. The molecule has 39 heavy (non-hydrogen) atoms. The minimum absolute atomic E-state index is 0.0598. The second-order valence-corrected chi connectivity index (χ2v) is 11.4. The number of carbonyl (C=O) groups excluding carboxylic acids is 2. The van der Waals surface area contributed by atoms with Crippen LogP contribution in [0.2, 0.25) is 0 Å². The Morgan fingerprint density at radius 3 is 2.87 bits per heavy atom. The Labute approximate surface area is 231 Å². The molecule has 204 valence electrons. The first-order valence-corrected chi connectivity index (χ1v) is 14.3. The van der Waals surface area contributed by atoms with Crippen LogP contribution in [0.25, 0.3) is 22.3 Å². The van der Waals surface area contributed by atoms with Crippen LogP contribution in [0.1, 0.15) is 47.8 Å². The number of hydrogen-bond donors (Lipinski definition) is 3. The summed E-state index contributed by atoms with van der Waals surface area (Å²) in [5, 5.41) is 14.1. The molecule has 3 aromatic heterocycles. The molecule has 11 heteroatoms. The van der Waals surface area contributed by atoms with Gasteiger partial charge in [0.1, 0.15) is 5.82 Å². The molecule has 1 atom stereocenters. The Kier molecular flexibility index (Phi) is 7.20. The fraction of sp³-hybridized carbons (Fsp3) is 0.429. The SMILES string of the molecule is C=C1NC(=O)C/C1=C\c1cnn2c(NC3CC3)cc(-c3ccc(C(=O)NC(CC)CN4CCOCC4)s3)nc12. The van der Waals surface area contributed by atoms with Crippen LogP contribution in [0.4, 0.5) is 5.82 Å². The number of fused-ring (bicyclic) bond motifs is 1. The number of hydrogen-bond acceptors (Lipinski definition) is 8. The number of carbonyl (C=O) groups is 2. The minimum atomic E-state index is -0.0629. The van der Waals surface area contributed by atoms with E-state index in [0.29, 0.717) is 22.3 Å². The van der Waals surface area contributed by atoms with E-state index >= 15 is 0 Å². The van der Waals surface area contributed by atoms with Gasteiger partial charge in [-0.1, -0.05) is 13.5 Å². The van der Waals surface area contributed by atoms with Gasteiger partial charge >= 0.3 is 0 Å². The average molecular weight is 548 g/mol. The second kappa shape index (κ2) is 10.9. The van der Waals surface area contributed by atoms with Crippen LogP contribution in [0.3, 0.4) is 0 Å². The number of nitrogens with zero attached hydrogens (tertiary/aromatic N) is 4. The number of amides is 2. The van der Waals surface area contributed by atoms with Gasteiger partial charge in [-0.15, -0.1) is 11.3 Å². The largest absolute Gasteiger partial charge is 0.379 e. The van der Waals surface area contributed by atoms with Crippen molar-refractivity contribution in [1.82, 2.24) is 30.1 Å². The van der Waals surface area contributed by atoms with E-state index in [9.17, 15) is 9.59 Å². The maximum Gasteiger partial charge on any atom is 0.261 e. The molecule has 3 aromatic rings. The molecular weight excluding hydrogens is 514 g/mol. The predicted octanol–water partition coefficient (Wildman–Crippen LogP) is 3.29. The smallest absolute Gasteiger partial charge is 0.261 e. The zero-order chi connectivity index (χ0) is 26.9. The zero-order valence-electron chi connectivity index (χ0n) is 22.0. The van der Waals surface area contributed by atoms with Crippen LogP contribution >= 0.6 is 11.3 Å². The average Bonchev–Trinajstić information content (AvgIpc) is 3.30. The summed E-state index contributed by atoms with van der Waals surface area (Å²) in [6.07, 6.45) is 7.08. The lowest BCUT2D eigenvalue weighted by Gasteiger charge is -2.30. The molecule has 3 aliphatic rings. The van der Waals surface area contributed by atoms with E-state index in [-0.39, 0.29) is 24.3 Å². The molecule has 1 unspecified atom stereocenters. The maximum absolute atomic E-state index is 13.2. The van der Waals surface area contributed by atoms with Crippen LogP contribution in [-0.2, 0) is 9.53 Å². The third kappa shape index (κ3) is 5.75. The lowest BCUT2D eigenvalue weighted by molar-refractivity contribution is -0.118. The van der Waals surface area contributed by atoms with Gasteiger partial charge in [0.25, 0.3) is 5.91 Å². The highest BCUT2D eigenvalue weighted by molar-refractivity contribution is 7.17. The summed E-state index contributed by atoms with van der Waals surface area (Å²) in [7, 11) is 0. The van der Waals surface area contributed by atoms with E-state index in [4.69, 9.17) is 9.72 Å². The van der Waals surface area contributed by atoms with E-state index in [1.807, 2.05) is 24.3 Å². The summed E-state index contributed by atoms with van der Waals surface area (Å²) in [5.74, 6) is 0.736. The molecule has 2 amide bonds. The van der Waals surface area contributed by atoms with Crippen LogP contribution in [0.15, 0.2) is 42.2 Å². The normalized spacial score (nSPS) is 20.0. The molecule has 6 rings (SSSR count). The highest BCUT2D eigenvalue weighted by Crippen LogP contribution is 2.33. The number of aromatic nitrogens is 3. The Morgan fingerprint density at radius 2 is 2.15 bits per heavy atom. The van der Waals surface area contributed by atoms with Crippen molar-refractivity contribution in [2.45, 2.75) is 44.7 Å². The van der Waals surface area contributed by atoms with Crippen LogP contribution in [0.5, 0.6) is 0 Å². The molecule has 2 aliphatic heterocycles. The van der Waals surface area contributed by atoms with Gasteiger partial charge in [0, 0.05) is 49.0 Å². The Balaban J connectivity index is 1.26. The van der Waals surface area contributed by atoms with Gasteiger partial charge in [0.15, 0.2) is 5.65 Å². The Bertz CT molecular complexity index is 1450. The summed E-state index contributed by atoms with van der Waals surface area (Å²) in [4.78, 5) is 33.8. The molecule has 0 bridgehead atoms. The van der Waals surface area contributed by atoms with E-state index in [0.717, 1.165) is 79.6 Å².